The first-order chi connectivity index (χ1) is 5.15. The standard InChI is InChI=1S/C9H19NO/c1-4-8-5-10(7(2)3)6-9(8)11/h7-9,11H,4-6H2,1-3H3. The summed E-state index contributed by atoms with van der Waals surface area (Å²) in [5.41, 5.74) is 0. The van der Waals surface area contributed by atoms with Crippen LogP contribution < -0.4 is 0 Å². The van der Waals surface area contributed by atoms with E-state index >= 15 is 0 Å². The molecule has 66 valence electrons. The largest absolute Gasteiger partial charge is 0.391 e. The molecule has 1 fully saturated rings. The third kappa shape index (κ3) is 1.94. The minimum atomic E-state index is -0.0811. The molecule has 11 heavy (non-hydrogen) atoms. The van der Waals surface area contributed by atoms with Crippen molar-refractivity contribution in [2.45, 2.75) is 39.3 Å². The molecule has 0 aliphatic carbocycles. The number of nitrogens with zero attached hydrogens (tertiary/aromatic N) is 1. The molecule has 0 amide bonds. The molecule has 1 rings (SSSR count). The Balaban J connectivity index is 2.43. The summed E-state index contributed by atoms with van der Waals surface area (Å²) in [6.45, 7) is 8.47. The highest BCUT2D eigenvalue weighted by Gasteiger charge is 2.30. The smallest absolute Gasteiger partial charge is 0.0707 e. The number of aliphatic hydroxyl groups is 1. The third-order valence-corrected chi connectivity index (χ3v) is 2.69. The van der Waals surface area contributed by atoms with Gasteiger partial charge < -0.3 is 5.11 Å². The molecule has 0 spiro atoms. The number of likely N-dealkylation sites (tertiary alicyclic amines) is 1. The molecule has 0 aromatic carbocycles. The molecule has 2 unspecified atom stereocenters. The van der Waals surface area contributed by atoms with E-state index in [1.54, 1.807) is 0 Å². The molecule has 0 saturated carbocycles. The average Bonchev–Trinajstić information content (AvgIpc) is 2.31. The van der Waals surface area contributed by atoms with Crippen LogP contribution in [0.5, 0.6) is 0 Å². The summed E-state index contributed by atoms with van der Waals surface area (Å²) in [6, 6.07) is 0.584. The zero-order chi connectivity index (χ0) is 8.43. The van der Waals surface area contributed by atoms with Crippen LogP contribution in [0.3, 0.4) is 0 Å². The predicted molar refractivity (Wildman–Crippen MR) is 46.5 cm³/mol. The van der Waals surface area contributed by atoms with E-state index < -0.39 is 0 Å². The van der Waals surface area contributed by atoms with Crippen molar-refractivity contribution in [3.8, 4) is 0 Å². The summed E-state index contributed by atoms with van der Waals surface area (Å²) in [6.07, 6.45) is 1.02. The van der Waals surface area contributed by atoms with Gasteiger partial charge in [0.15, 0.2) is 0 Å². The van der Waals surface area contributed by atoms with E-state index in [0.29, 0.717) is 12.0 Å². The van der Waals surface area contributed by atoms with Crippen LogP contribution in [-0.2, 0) is 0 Å². The molecule has 1 N–H and O–H groups in total. The van der Waals surface area contributed by atoms with Crippen LogP contribution in [0.25, 0.3) is 0 Å². The first kappa shape index (κ1) is 9.01. The SMILES string of the molecule is CCC1CN(C(C)C)CC1O. The van der Waals surface area contributed by atoms with E-state index in [-0.39, 0.29) is 6.10 Å². The van der Waals surface area contributed by atoms with Crippen molar-refractivity contribution in [1.82, 2.24) is 4.90 Å². The van der Waals surface area contributed by atoms with Crippen molar-refractivity contribution in [2.75, 3.05) is 13.1 Å². The first-order valence-electron chi connectivity index (χ1n) is 4.57. The van der Waals surface area contributed by atoms with Crippen LogP contribution in [0, 0.1) is 5.92 Å². The van der Waals surface area contributed by atoms with Crippen LogP contribution in [-0.4, -0.2) is 35.2 Å². The zero-order valence-electron chi connectivity index (χ0n) is 7.75. The molecule has 2 atom stereocenters. The zero-order valence-corrected chi connectivity index (χ0v) is 7.75. The highest BCUT2D eigenvalue weighted by atomic mass is 16.3. The number of rotatable bonds is 2. The summed E-state index contributed by atoms with van der Waals surface area (Å²) in [5, 5.41) is 9.57. The topological polar surface area (TPSA) is 23.5 Å². The van der Waals surface area contributed by atoms with Crippen molar-refractivity contribution < 1.29 is 5.11 Å². The molecule has 1 heterocycles. The maximum absolute atomic E-state index is 9.57. The van der Waals surface area contributed by atoms with Gasteiger partial charge in [-0.3, -0.25) is 4.90 Å². The lowest BCUT2D eigenvalue weighted by Gasteiger charge is -2.19. The molecule has 0 radical (unpaired) electrons. The molecule has 1 aliphatic rings. The molecule has 1 aliphatic heterocycles. The average molecular weight is 157 g/mol. The van der Waals surface area contributed by atoms with Gasteiger partial charge >= 0.3 is 0 Å². The van der Waals surface area contributed by atoms with Gasteiger partial charge in [0.2, 0.25) is 0 Å². The molecule has 0 bridgehead atoms. The fourth-order valence-electron chi connectivity index (χ4n) is 1.71. The van der Waals surface area contributed by atoms with Crippen LogP contribution in [0.15, 0.2) is 0 Å². The van der Waals surface area contributed by atoms with E-state index in [4.69, 9.17) is 0 Å². The van der Waals surface area contributed by atoms with E-state index in [1.807, 2.05) is 0 Å². The van der Waals surface area contributed by atoms with Crippen LogP contribution >= 0.6 is 0 Å². The molecule has 2 nitrogen and oxygen atoms in total. The number of β-amino-alcohol motifs (C(OH)–C–C–N with tert-alkyl or cyclic N) is 1. The fraction of sp³-hybridized carbons (Fsp3) is 1.00. The van der Waals surface area contributed by atoms with Crippen LogP contribution in [0.2, 0.25) is 0 Å². The minimum absolute atomic E-state index is 0.0811. The monoisotopic (exact) mass is 157 g/mol. The van der Waals surface area contributed by atoms with Crippen molar-refractivity contribution in [3.05, 3.63) is 0 Å². The Hall–Kier alpha value is -0.0800. The third-order valence-electron chi connectivity index (χ3n) is 2.69. The Morgan fingerprint density at radius 1 is 1.45 bits per heavy atom. The van der Waals surface area contributed by atoms with Gasteiger partial charge in [0, 0.05) is 19.1 Å². The summed E-state index contributed by atoms with van der Waals surface area (Å²) in [4.78, 5) is 2.35. The summed E-state index contributed by atoms with van der Waals surface area (Å²) >= 11 is 0. The van der Waals surface area contributed by atoms with Gasteiger partial charge in [0.25, 0.3) is 0 Å². The van der Waals surface area contributed by atoms with Crippen molar-refractivity contribution in [3.63, 3.8) is 0 Å². The Morgan fingerprint density at radius 2 is 2.09 bits per heavy atom. The summed E-state index contributed by atoms with van der Waals surface area (Å²) in [7, 11) is 0. The van der Waals surface area contributed by atoms with E-state index in [1.165, 1.54) is 0 Å². The normalized spacial score (nSPS) is 33.5. The quantitative estimate of drug-likeness (QED) is 0.649. The van der Waals surface area contributed by atoms with Gasteiger partial charge in [-0.05, 0) is 26.2 Å². The lowest BCUT2D eigenvalue weighted by molar-refractivity contribution is 0.137. The molecule has 2 heteroatoms. The van der Waals surface area contributed by atoms with E-state index in [9.17, 15) is 5.11 Å². The minimum Gasteiger partial charge on any atom is -0.391 e. The van der Waals surface area contributed by atoms with Gasteiger partial charge in [-0.1, -0.05) is 6.92 Å². The van der Waals surface area contributed by atoms with Gasteiger partial charge in [-0.2, -0.15) is 0 Å². The Morgan fingerprint density at radius 3 is 2.36 bits per heavy atom. The van der Waals surface area contributed by atoms with Crippen molar-refractivity contribution >= 4 is 0 Å². The maximum atomic E-state index is 9.57. The Bertz CT molecular complexity index is 125. The summed E-state index contributed by atoms with van der Waals surface area (Å²) in [5.74, 6) is 0.511. The molecule has 0 aromatic heterocycles. The molecular formula is C9H19NO. The second kappa shape index (κ2) is 3.55. The summed E-state index contributed by atoms with van der Waals surface area (Å²) < 4.78 is 0. The molecule has 1 saturated heterocycles. The highest BCUT2D eigenvalue weighted by molar-refractivity contribution is 4.84. The lowest BCUT2D eigenvalue weighted by atomic mass is 10.0. The fourth-order valence-corrected chi connectivity index (χ4v) is 1.71. The van der Waals surface area contributed by atoms with Crippen molar-refractivity contribution in [1.29, 1.82) is 0 Å². The Kier molecular flexibility index (Phi) is 2.90. The van der Waals surface area contributed by atoms with Gasteiger partial charge in [0.05, 0.1) is 6.10 Å². The van der Waals surface area contributed by atoms with Gasteiger partial charge in [0.1, 0.15) is 0 Å². The van der Waals surface area contributed by atoms with Crippen LogP contribution in [0.1, 0.15) is 27.2 Å². The number of hydrogen-bond donors (Lipinski definition) is 1. The maximum Gasteiger partial charge on any atom is 0.0707 e. The van der Waals surface area contributed by atoms with Gasteiger partial charge in [-0.15, -0.1) is 0 Å². The highest BCUT2D eigenvalue weighted by Crippen LogP contribution is 2.21. The van der Waals surface area contributed by atoms with Crippen LogP contribution in [0.4, 0.5) is 0 Å². The molecule has 0 aromatic rings. The van der Waals surface area contributed by atoms with E-state index in [0.717, 1.165) is 19.5 Å². The number of aliphatic hydroxyl groups excluding tert-OH is 1. The lowest BCUT2D eigenvalue weighted by Crippen LogP contribution is -2.29. The van der Waals surface area contributed by atoms with E-state index in [2.05, 4.69) is 25.7 Å². The second-order valence-corrected chi connectivity index (χ2v) is 3.78. The Labute approximate surface area is 69.2 Å². The number of hydrogen-bond acceptors (Lipinski definition) is 2. The predicted octanol–water partition coefficient (Wildman–Crippen LogP) is 1.10. The molecular weight excluding hydrogens is 138 g/mol. The second-order valence-electron chi connectivity index (χ2n) is 3.78. The first-order valence-corrected chi connectivity index (χ1v) is 4.57. The van der Waals surface area contributed by atoms with Crippen molar-refractivity contribution in [2.24, 2.45) is 5.92 Å². The van der Waals surface area contributed by atoms with Gasteiger partial charge in [-0.25, -0.2) is 0 Å².